The fourth-order valence-electron chi connectivity index (χ4n) is 9.31. The predicted octanol–water partition coefficient (Wildman–Crippen LogP) is 8.50. The number of nitrogens with one attached hydrogen (secondary N) is 1. The van der Waals surface area contributed by atoms with Gasteiger partial charge in [0.05, 0.1) is 32.0 Å². The Morgan fingerprint density at radius 1 is 0.507 bits per heavy atom. The largest absolute Gasteiger partial charge is 0.394 e. The predicted molar refractivity (Wildman–Crippen MR) is 272 cm³/mol. The van der Waals surface area contributed by atoms with Gasteiger partial charge in [0.2, 0.25) is 5.91 Å². The normalized spacial score (nSPS) is 26.3. The molecule has 2 fully saturated rings. The molecule has 2 aliphatic heterocycles. The molecule has 2 saturated heterocycles. The smallest absolute Gasteiger partial charge is 0.220 e. The second-order valence-electron chi connectivity index (χ2n) is 20.1. The van der Waals surface area contributed by atoms with Gasteiger partial charge >= 0.3 is 0 Å². The van der Waals surface area contributed by atoms with Crippen molar-refractivity contribution in [3.05, 3.63) is 24.3 Å². The van der Waals surface area contributed by atoms with Crippen molar-refractivity contribution in [2.75, 3.05) is 19.8 Å². The molecule has 12 atom stereocenters. The molecule has 0 bridgehead atoms. The minimum absolute atomic E-state index is 0.246. The van der Waals surface area contributed by atoms with Gasteiger partial charge in [-0.15, -0.1) is 0 Å². The highest BCUT2D eigenvalue weighted by molar-refractivity contribution is 5.76. The third-order valence-corrected chi connectivity index (χ3v) is 13.9. The third kappa shape index (κ3) is 28.5. The molecule has 2 rings (SSSR count). The molecule has 0 aromatic carbocycles. The van der Waals surface area contributed by atoms with Gasteiger partial charge in [-0.1, -0.05) is 212 Å². The number of aliphatic hydroxyl groups excluding tert-OH is 8. The molecule has 406 valence electrons. The van der Waals surface area contributed by atoms with E-state index in [4.69, 9.17) is 18.9 Å². The first kappa shape index (κ1) is 63.6. The van der Waals surface area contributed by atoms with Gasteiger partial charge in [-0.25, -0.2) is 0 Å². The van der Waals surface area contributed by atoms with E-state index in [9.17, 15) is 45.6 Å². The summed E-state index contributed by atoms with van der Waals surface area (Å²) in [6.45, 7) is 2.79. The highest BCUT2D eigenvalue weighted by Crippen LogP contribution is 2.30. The van der Waals surface area contributed by atoms with Gasteiger partial charge in [-0.3, -0.25) is 4.79 Å². The maximum atomic E-state index is 13.2. The minimum atomic E-state index is -1.79. The molecule has 0 spiro atoms. The van der Waals surface area contributed by atoms with Gasteiger partial charge in [-0.2, -0.15) is 0 Å². The van der Waals surface area contributed by atoms with Crippen molar-refractivity contribution >= 4 is 5.91 Å². The minimum Gasteiger partial charge on any atom is -0.394 e. The molecule has 1 amide bonds. The molecule has 0 aliphatic carbocycles. The lowest BCUT2D eigenvalue weighted by Crippen LogP contribution is -2.65. The van der Waals surface area contributed by atoms with Crippen LogP contribution in [0.2, 0.25) is 0 Å². The molecule has 0 aromatic heterocycles. The summed E-state index contributed by atoms with van der Waals surface area (Å²) in [5.74, 6) is -0.246. The average Bonchev–Trinajstić information content (AvgIpc) is 3.35. The van der Waals surface area contributed by atoms with Gasteiger partial charge in [0.1, 0.15) is 48.8 Å². The van der Waals surface area contributed by atoms with Crippen LogP contribution in [0, 0.1) is 0 Å². The van der Waals surface area contributed by atoms with Crippen LogP contribution in [-0.2, 0) is 23.7 Å². The highest BCUT2D eigenvalue weighted by Gasteiger charge is 2.51. The van der Waals surface area contributed by atoms with Crippen molar-refractivity contribution in [3.8, 4) is 0 Å². The van der Waals surface area contributed by atoms with E-state index < -0.39 is 86.8 Å². The summed E-state index contributed by atoms with van der Waals surface area (Å²) in [5.41, 5.74) is 0. The van der Waals surface area contributed by atoms with Crippen LogP contribution < -0.4 is 5.32 Å². The zero-order valence-electron chi connectivity index (χ0n) is 43.3. The number of aliphatic hydroxyl groups is 8. The Labute approximate surface area is 418 Å². The maximum absolute atomic E-state index is 13.2. The van der Waals surface area contributed by atoms with Gasteiger partial charge in [0.25, 0.3) is 0 Å². The van der Waals surface area contributed by atoms with E-state index in [0.717, 1.165) is 32.1 Å². The molecular formula is C55H103NO13. The number of carbonyl (C=O) groups is 1. The Kier molecular flexibility index (Phi) is 38.6. The first-order valence-electron chi connectivity index (χ1n) is 28.1. The first-order valence-corrected chi connectivity index (χ1v) is 28.1. The molecule has 69 heavy (non-hydrogen) atoms. The van der Waals surface area contributed by atoms with E-state index in [0.29, 0.717) is 12.8 Å². The molecule has 14 nitrogen and oxygen atoms in total. The quantitative estimate of drug-likeness (QED) is 0.0206. The number of carbonyl (C=O) groups excluding carboxylic acids is 1. The van der Waals surface area contributed by atoms with Crippen molar-refractivity contribution in [2.45, 2.75) is 299 Å². The number of allylic oxidation sites excluding steroid dienone is 3. The fourth-order valence-corrected chi connectivity index (χ4v) is 9.31. The van der Waals surface area contributed by atoms with E-state index in [1.165, 1.54) is 161 Å². The topological polar surface area (TPSA) is 228 Å². The van der Waals surface area contributed by atoms with Crippen molar-refractivity contribution in [1.82, 2.24) is 5.32 Å². The zero-order valence-corrected chi connectivity index (χ0v) is 43.3. The molecule has 14 heteroatoms. The Morgan fingerprint density at radius 2 is 0.928 bits per heavy atom. The molecule has 0 radical (unpaired) electrons. The standard InChI is InChI=1S/C55H103NO13/c1-3-5-7-9-11-13-15-17-19-21-23-25-27-29-31-33-35-37-39-47(60)56-43(44(59)38-36-34-32-30-28-26-24-22-20-18-16-14-12-10-8-6-4-2)42-66-54-52(65)50(63)53(46(41-58)68-54)69-55-51(64)49(62)48(61)45(40-57)67-55/h28,30,36,38,43-46,48-55,57-59,61-65H,3-27,29,31-35,37,39-42H2,1-2H3,(H,56,60)/b30-28+,38-36+. The molecule has 0 aromatic rings. The van der Waals surface area contributed by atoms with Crippen molar-refractivity contribution in [3.63, 3.8) is 0 Å². The second kappa shape index (κ2) is 41.9. The van der Waals surface area contributed by atoms with Gasteiger partial charge < -0.3 is 65.1 Å². The summed E-state index contributed by atoms with van der Waals surface area (Å²) in [5, 5.41) is 86.9. The Morgan fingerprint density at radius 3 is 1.42 bits per heavy atom. The number of unbranched alkanes of at least 4 members (excludes halogenated alkanes) is 29. The summed E-state index contributed by atoms with van der Waals surface area (Å²) < 4.78 is 22.7. The SMILES string of the molecule is CCCCCCCCCCCCC/C=C/CC/C=C/C(O)C(COC1OC(CO)C(OC2OC(CO)C(O)C(O)C2O)C(O)C1O)NC(=O)CCCCCCCCCCCCCCCCCCCC. The number of hydrogen-bond donors (Lipinski definition) is 9. The number of ether oxygens (including phenoxy) is 4. The Hall–Kier alpha value is -1.53. The van der Waals surface area contributed by atoms with Crippen LogP contribution in [0.25, 0.3) is 0 Å². The van der Waals surface area contributed by atoms with Gasteiger partial charge in [0, 0.05) is 6.42 Å². The highest BCUT2D eigenvalue weighted by atomic mass is 16.7. The number of amides is 1. The van der Waals surface area contributed by atoms with Gasteiger partial charge in [0.15, 0.2) is 12.6 Å². The summed E-state index contributed by atoms with van der Waals surface area (Å²) in [6, 6.07) is -0.926. The summed E-state index contributed by atoms with van der Waals surface area (Å²) in [6.07, 6.45) is 30.7. The van der Waals surface area contributed by atoms with Crippen molar-refractivity contribution in [1.29, 1.82) is 0 Å². The molecular weight excluding hydrogens is 883 g/mol. The van der Waals surface area contributed by atoms with Crippen molar-refractivity contribution in [2.24, 2.45) is 0 Å². The van der Waals surface area contributed by atoms with Crippen LogP contribution in [0.4, 0.5) is 0 Å². The average molecular weight is 986 g/mol. The van der Waals surface area contributed by atoms with Crippen LogP contribution >= 0.6 is 0 Å². The van der Waals surface area contributed by atoms with E-state index >= 15 is 0 Å². The molecule has 12 unspecified atom stereocenters. The fraction of sp³-hybridized carbons (Fsp3) is 0.909. The Bertz CT molecular complexity index is 1260. The number of hydrogen-bond acceptors (Lipinski definition) is 13. The molecule has 2 aliphatic rings. The zero-order chi connectivity index (χ0) is 50.3. The first-order chi connectivity index (χ1) is 33.6. The maximum Gasteiger partial charge on any atom is 0.220 e. The second-order valence-corrected chi connectivity index (χ2v) is 20.1. The van der Waals surface area contributed by atoms with Crippen LogP contribution in [0.15, 0.2) is 24.3 Å². The van der Waals surface area contributed by atoms with Crippen LogP contribution in [-0.4, -0.2) is 140 Å². The monoisotopic (exact) mass is 986 g/mol. The van der Waals surface area contributed by atoms with E-state index in [-0.39, 0.29) is 18.9 Å². The van der Waals surface area contributed by atoms with Crippen molar-refractivity contribution < 1.29 is 64.6 Å². The van der Waals surface area contributed by atoms with E-state index in [1.807, 2.05) is 6.08 Å². The summed E-state index contributed by atoms with van der Waals surface area (Å²) in [4.78, 5) is 13.2. The summed E-state index contributed by atoms with van der Waals surface area (Å²) >= 11 is 0. The molecule has 2 heterocycles. The lowest BCUT2D eigenvalue weighted by atomic mass is 9.97. The molecule has 0 saturated carbocycles. The van der Waals surface area contributed by atoms with E-state index in [1.54, 1.807) is 6.08 Å². The van der Waals surface area contributed by atoms with Crippen LogP contribution in [0.3, 0.4) is 0 Å². The lowest BCUT2D eigenvalue weighted by Gasteiger charge is -2.46. The van der Waals surface area contributed by atoms with Gasteiger partial charge in [-0.05, 0) is 32.1 Å². The lowest BCUT2D eigenvalue weighted by molar-refractivity contribution is -0.359. The van der Waals surface area contributed by atoms with Crippen LogP contribution in [0.5, 0.6) is 0 Å². The Balaban J connectivity index is 1.82. The molecule has 9 N–H and O–H groups in total. The third-order valence-electron chi connectivity index (χ3n) is 13.9. The van der Waals surface area contributed by atoms with E-state index in [2.05, 4.69) is 31.3 Å². The van der Waals surface area contributed by atoms with Crippen LogP contribution in [0.1, 0.15) is 226 Å². The number of rotatable bonds is 44. The summed E-state index contributed by atoms with van der Waals surface area (Å²) in [7, 11) is 0.